The molecule has 2 aromatic carbocycles. The Balaban J connectivity index is 1.68. The molecular weight excluding hydrogens is 499 g/mol. The number of benzene rings is 2. The van der Waals surface area contributed by atoms with Crippen LogP contribution in [0.1, 0.15) is 51.9 Å². The number of rotatable bonds is 5. The molecule has 3 heterocycles. The number of hydrogen-bond donors (Lipinski definition) is 1. The number of aliphatic hydroxyl groups is 1. The first-order chi connectivity index (χ1) is 17.7. The summed E-state index contributed by atoms with van der Waals surface area (Å²) in [4.78, 5) is 44.6. The lowest BCUT2D eigenvalue weighted by molar-refractivity contribution is -0.132. The Morgan fingerprint density at radius 1 is 1.27 bits per heavy atom. The summed E-state index contributed by atoms with van der Waals surface area (Å²) in [5.74, 6) is -3.01. The average Bonchev–Trinajstić information content (AvgIpc) is 3.51. The molecule has 0 aliphatic carbocycles. The number of thiazole rings is 1. The molecule has 2 aliphatic heterocycles. The van der Waals surface area contributed by atoms with Crippen molar-refractivity contribution in [3.05, 3.63) is 81.1 Å². The number of fused-ring (bicyclic) bond motifs is 1. The summed E-state index contributed by atoms with van der Waals surface area (Å²) in [6, 6.07) is 9.39. The maximum Gasteiger partial charge on any atom is 0.350 e. The van der Waals surface area contributed by atoms with Crippen molar-refractivity contribution >= 4 is 39.9 Å². The van der Waals surface area contributed by atoms with Crippen LogP contribution in [0.5, 0.6) is 5.75 Å². The summed E-state index contributed by atoms with van der Waals surface area (Å²) in [5, 5.41) is 11.4. The maximum atomic E-state index is 15.1. The van der Waals surface area contributed by atoms with Crippen molar-refractivity contribution in [3.63, 3.8) is 0 Å². The van der Waals surface area contributed by atoms with Gasteiger partial charge in [-0.2, -0.15) is 0 Å². The molecule has 1 aromatic heterocycles. The maximum absolute atomic E-state index is 15.1. The van der Waals surface area contributed by atoms with E-state index in [1.54, 1.807) is 38.1 Å². The van der Waals surface area contributed by atoms with Gasteiger partial charge in [-0.3, -0.25) is 14.5 Å². The van der Waals surface area contributed by atoms with Gasteiger partial charge in [0.15, 0.2) is 5.13 Å². The van der Waals surface area contributed by atoms with E-state index in [2.05, 4.69) is 4.98 Å². The van der Waals surface area contributed by atoms with Gasteiger partial charge in [0.05, 0.1) is 17.9 Å². The van der Waals surface area contributed by atoms with E-state index in [0.717, 1.165) is 21.8 Å². The zero-order valence-corrected chi connectivity index (χ0v) is 21.1. The quantitative estimate of drug-likeness (QED) is 0.224. The molecule has 0 saturated carbocycles. The smallest absolute Gasteiger partial charge is 0.350 e. The number of hydrogen-bond acceptors (Lipinski definition) is 8. The predicted molar refractivity (Wildman–Crippen MR) is 134 cm³/mol. The number of amides is 1. The number of ketones is 1. The Hall–Kier alpha value is -4.05. The monoisotopic (exact) mass is 522 g/mol. The van der Waals surface area contributed by atoms with Gasteiger partial charge in [-0.1, -0.05) is 29.5 Å². The number of nitrogens with zero attached hydrogens (tertiary/aromatic N) is 2. The van der Waals surface area contributed by atoms with Crippen LogP contribution < -0.4 is 9.64 Å². The molecule has 0 spiro atoms. The molecule has 37 heavy (non-hydrogen) atoms. The summed E-state index contributed by atoms with van der Waals surface area (Å²) >= 11 is 0.865. The molecule has 0 radical (unpaired) electrons. The van der Waals surface area contributed by atoms with Crippen LogP contribution in [0, 0.1) is 12.7 Å². The second-order valence-electron chi connectivity index (χ2n) is 8.78. The zero-order valence-electron chi connectivity index (χ0n) is 20.3. The first kappa shape index (κ1) is 24.6. The summed E-state index contributed by atoms with van der Waals surface area (Å²) in [5.41, 5.74) is 1.20. The van der Waals surface area contributed by atoms with E-state index < -0.39 is 35.3 Å². The average molecular weight is 523 g/mol. The van der Waals surface area contributed by atoms with Crippen LogP contribution in [0.15, 0.2) is 48.0 Å². The highest BCUT2D eigenvalue weighted by Gasteiger charge is 2.49. The van der Waals surface area contributed by atoms with Gasteiger partial charge in [-0.05, 0) is 50.6 Å². The minimum Gasteiger partial charge on any atom is -0.507 e. The summed E-state index contributed by atoms with van der Waals surface area (Å²) in [6.07, 6.45) is 0.592. The molecule has 0 unspecified atom stereocenters. The fourth-order valence-electron chi connectivity index (χ4n) is 4.62. The minimum absolute atomic E-state index is 0.00639. The number of aliphatic hydroxyl groups excluding tert-OH is 1. The molecule has 0 bridgehead atoms. The number of halogens is 1. The molecule has 5 rings (SSSR count). The van der Waals surface area contributed by atoms with Crippen molar-refractivity contribution in [1.29, 1.82) is 0 Å². The van der Waals surface area contributed by atoms with Gasteiger partial charge in [0.25, 0.3) is 5.78 Å². The number of anilines is 1. The third-order valence-electron chi connectivity index (χ3n) is 6.27. The van der Waals surface area contributed by atoms with Crippen LogP contribution in [-0.2, 0) is 20.7 Å². The summed E-state index contributed by atoms with van der Waals surface area (Å²) in [6.45, 7) is 5.31. The van der Waals surface area contributed by atoms with Crippen molar-refractivity contribution < 1.29 is 33.4 Å². The Bertz CT molecular complexity index is 1480. The largest absolute Gasteiger partial charge is 0.507 e. The highest BCUT2D eigenvalue weighted by Crippen LogP contribution is 2.45. The molecule has 3 aromatic rings. The second-order valence-corrected chi connectivity index (χ2v) is 9.75. The van der Waals surface area contributed by atoms with Crippen LogP contribution in [-0.4, -0.2) is 40.5 Å². The van der Waals surface area contributed by atoms with Gasteiger partial charge in [0, 0.05) is 17.5 Å². The van der Waals surface area contributed by atoms with Crippen molar-refractivity contribution in [3.8, 4) is 5.75 Å². The van der Waals surface area contributed by atoms with Crippen molar-refractivity contribution in [2.24, 2.45) is 0 Å². The number of esters is 1. The van der Waals surface area contributed by atoms with Gasteiger partial charge in [0.1, 0.15) is 34.3 Å². The molecule has 1 saturated heterocycles. The first-order valence-electron chi connectivity index (χ1n) is 11.7. The standard InChI is InChI=1S/C27H23FN2O6S/c1-4-35-26(34)24-14(3)29-27(37-24)30-21(17-7-5-6-8-18(17)28)20(23(32)25(30)33)22(31)15-9-10-19-16(12-15)11-13(2)36-19/h5-10,12-13,21,31H,4,11H2,1-3H3/b22-20+/t13-,21+/m1/s1. The summed E-state index contributed by atoms with van der Waals surface area (Å²) < 4.78 is 25.9. The molecule has 1 amide bonds. The molecule has 1 N–H and O–H groups in total. The Morgan fingerprint density at radius 2 is 2.03 bits per heavy atom. The third kappa shape index (κ3) is 4.17. The Morgan fingerprint density at radius 3 is 2.76 bits per heavy atom. The molecule has 2 atom stereocenters. The molecule has 8 nitrogen and oxygen atoms in total. The Labute approximate surface area is 216 Å². The zero-order chi connectivity index (χ0) is 26.4. The SMILES string of the molecule is CCOC(=O)c1sc(N2C(=O)C(=O)/C(=C(/O)c3ccc4c(c3)C[C@@H](C)O4)[C@@H]2c2ccccc2F)nc1C. The van der Waals surface area contributed by atoms with Gasteiger partial charge in [-0.25, -0.2) is 14.2 Å². The predicted octanol–water partition coefficient (Wildman–Crippen LogP) is 4.72. The van der Waals surface area contributed by atoms with E-state index in [-0.39, 0.29) is 33.9 Å². The number of aromatic nitrogens is 1. The van der Waals surface area contributed by atoms with E-state index >= 15 is 4.39 Å². The lowest BCUT2D eigenvalue weighted by atomic mass is 9.94. The third-order valence-corrected chi connectivity index (χ3v) is 7.40. The fraction of sp³-hybridized carbons (Fsp3) is 0.259. The van der Waals surface area contributed by atoms with Crippen LogP contribution in [0.4, 0.5) is 9.52 Å². The van der Waals surface area contributed by atoms with E-state index in [0.29, 0.717) is 23.4 Å². The van der Waals surface area contributed by atoms with E-state index in [4.69, 9.17) is 9.47 Å². The number of carbonyl (C=O) groups excluding carboxylic acids is 3. The van der Waals surface area contributed by atoms with Crippen molar-refractivity contribution in [1.82, 2.24) is 4.98 Å². The fourth-order valence-corrected chi connectivity index (χ4v) is 5.60. The van der Waals surface area contributed by atoms with E-state index in [9.17, 15) is 19.5 Å². The highest BCUT2D eigenvalue weighted by molar-refractivity contribution is 7.17. The number of Topliss-reactive ketones (excluding diaryl/α,β-unsaturated/α-hetero) is 1. The lowest BCUT2D eigenvalue weighted by Crippen LogP contribution is -2.29. The van der Waals surface area contributed by atoms with Gasteiger partial charge in [-0.15, -0.1) is 0 Å². The minimum atomic E-state index is -1.30. The normalized spacial score (nSPS) is 20.2. The van der Waals surface area contributed by atoms with Gasteiger partial charge >= 0.3 is 11.9 Å². The van der Waals surface area contributed by atoms with Crippen molar-refractivity contribution in [2.75, 3.05) is 11.5 Å². The number of ether oxygens (including phenoxy) is 2. The van der Waals surface area contributed by atoms with Crippen molar-refractivity contribution in [2.45, 2.75) is 39.3 Å². The van der Waals surface area contributed by atoms with E-state index in [1.165, 1.54) is 18.2 Å². The first-order valence-corrected chi connectivity index (χ1v) is 12.5. The van der Waals surface area contributed by atoms with Crippen LogP contribution in [0.25, 0.3) is 5.76 Å². The molecule has 10 heteroatoms. The van der Waals surface area contributed by atoms with Crippen LogP contribution in [0.2, 0.25) is 0 Å². The second kappa shape index (κ2) is 9.44. The topological polar surface area (TPSA) is 106 Å². The highest BCUT2D eigenvalue weighted by atomic mass is 32.1. The number of aryl methyl sites for hydroxylation is 1. The van der Waals surface area contributed by atoms with Crippen LogP contribution >= 0.6 is 11.3 Å². The molecule has 1 fully saturated rings. The lowest BCUT2D eigenvalue weighted by Gasteiger charge is -2.23. The van der Waals surface area contributed by atoms with Gasteiger partial charge in [0.2, 0.25) is 0 Å². The van der Waals surface area contributed by atoms with Gasteiger partial charge < -0.3 is 14.6 Å². The molecular formula is C27H23FN2O6S. The summed E-state index contributed by atoms with van der Waals surface area (Å²) in [7, 11) is 0. The molecule has 190 valence electrons. The molecule has 2 aliphatic rings. The number of carbonyl (C=O) groups is 3. The van der Waals surface area contributed by atoms with E-state index in [1.807, 2.05) is 6.92 Å². The van der Waals surface area contributed by atoms with Crippen LogP contribution in [0.3, 0.4) is 0 Å². The Kier molecular flexibility index (Phi) is 6.28.